The third-order valence-electron chi connectivity index (χ3n) is 15.1. The van der Waals surface area contributed by atoms with Crippen LogP contribution in [0.2, 0.25) is 0 Å². The maximum absolute atomic E-state index is 11.5. The quantitative estimate of drug-likeness (QED) is 0.0432. The third kappa shape index (κ3) is 15.6. The molecule has 6 aliphatic heterocycles. The van der Waals surface area contributed by atoms with Gasteiger partial charge in [-0.3, -0.25) is 0 Å². The zero-order chi connectivity index (χ0) is 61.6. The predicted molar refractivity (Wildman–Crippen MR) is 260 cm³/mol. The van der Waals surface area contributed by atoms with E-state index in [0.29, 0.717) is 0 Å². The first-order valence-corrected chi connectivity index (χ1v) is 26.6. The van der Waals surface area contributed by atoms with Gasteiger partial charge in [-0.15, -0.1) is 0 Å². The summed E-state index contributed by atoms with van der Waals surface area (Å²) in [5.41, 5.74) is 0. The van der Waals surface area contributed by atoms with Gasteiger partial charge < -0.3 is 180 Å². The molecule has 0 spiro atoms. The number of aliphatic hydroxyl groups excluding tert-OH is 23. The topological polar surface area (TPSA) is 601 Å². The highest BCUT2D eigenvalue weighted by molar-refractivity contribution is 5.33. The molecule has 84 heavy (non-hydrogen) atoms. The zero-order valence-electron chi connectivity index (χ0n) is 44.2. The van der Waals surface area contributed by atoms with Gasteiger partial charge in [0.05, 0.1) is 46.2 Å². The van der Waals surface area contributed by atoms with E-state index in [2.05, 4.69) is 10.3 Å². The highest BCUT2D eigenvalue weighted by atomic mass is 16.8. The lowest BCUT2D eigenvalue weighted by atomic mass is 9.96. The zero-order valence-corrected chi connectivity index (χ0v) is 44.2. The second-order valence-electron chi connectivity index (χ2n) is 20.9. The molecule has 1 aromatic heterocycles. The van der Waals surface area contributed by atoms with E-state index in [9.17, 15) is 117 Å². The van der Waals surface area contributed by atoms with Gasteiger partial charge in [-0.1, -0.05) is 6.07 Å². The van der Waals surface area contributed by atoms with Crippen LogP contribution in [-0.4, -0.2) is 384 Å². The molecule has 0 amide bonds. The number of hydrogen-bond donors (Lipinski definition) is 24. The van der Waals surface area contributed by atoms with Gasteiger partial charge in [-0.05, 0) is 12.1 Å². The lowest BCUT2D eigenvalue weighted by Gasteiger charge is -2.47. The number of pyridine rings is 1. The minimum atomic E-state index is -2.20. The summed E-state index contributed by atoms with van der Waals surface area (Å²) in [5, 5.41) is 248. The molecule has 7 heterocycles. The molecule has 0 saturated carbocycles. The molecular weight excluding hydrogens is 1150 g/mol. The summed E-state index contributed by atoms with van der Waals surface area (Å²) >= 11 is 0. The molecule has 24 N–H and O–H groups in total. The van der Waals surface area contributed by atoms with Crippen LogP contribution in [0.4, 0.5) is 5.82 Å². The predicted octanol–water partition coefficient (Wildman–Crippen LogP) is -15.1. The summed E-state index contributed by atoms with van der Waals surface area (Å²) in [7, 11) is 0. The Hall–Kier alpha value is -2.45. The van der Waals surface area contributed by atoms with E-state index >= 15 is 0 Å². The number of nitrogens with zero attached hydrogens (tertiary/aromatic N) is 1. The summed E-state index contributed by atoms with van der Waals surface area (Å²) in [6.45, 7) is -6.85. The molecule has 0 radical (unpaired) electrons. The number of aromatic nitrogens is 1. The Labute approximate surface area is 475 Å². The molecule has 486 valence electrons. The fraction of sp³-hybridized carbons (Fsp3) is 0.894. The van der Waals surface area contributed by atoms with Gasteiger partial charge in [0, 0.05) is 12.7 Å². The number of nitrogens with one attached hydrogen (secondary N) is 1. The van der Waals surface area contributed by atoms with Crippen LogP contribution in [-0.2, 0) is 56.8 Å². The first-order valence-electron chi connectivity index (χ1n) is 26.6. The summed E-state index contributed by atoms with van der Waals surface area (Å²) in [5.74, 6) is 0.267. The fourth-order valence-electron chi connectivity index (χ4n) is 9.96. The highest BCUT2D eigenvalue weighted by Gasteiger charge is 2.56. The molecular formula is C47H78N2O35. The van der Waals surface area contributed by atoms with E-state index in [1.807, 2.05) is 0 Å². The molecule has 7 rings (SSSR count). The fourth-order valence-corrected chi connectivity index (χ4v) is 9.96. The van der Waals surface area contributed by atoms with Crippen molar-refractivity contribution in [3.05, 3.63) is 24.4 Å². The lowest BCUT2D eigenvalue weighted by molar-refractivity contribution is -0.377. The van der Waals surface area contributed by atoms with E-state index < -0.39 is 261 Å². The van der Waals surface area contributed by atoms with Crippen molar-refractivity contribution in [3.8, 4) is 0 Å². The first-order chi connectivity index (χ1) is 39.9. The minimum absolute atomic E-state index is 0.267. The van der Waals surface area contributed by atoms with Gasteiger partial charge >= 0.3 is 0 Å². The summed E-state index contributed by atoms with van der Waals surface area (Å²) < 4.78 is 67.0. The highest BCUT2D eigenvalue weighted by Crippen LogP contribution is 2.35. The second-order valence-corrected chi connectivity index (χ2v) is 20.9. The number of aliphatic hydroxyl groups is 23. The van der Waals surface area contributed by atoms with Gasteiger partial charge in [-0.2, -0.15) is 0 Å². The maximum Gasteiger partial charge on any atom is 0.187 e. The van der Waals surface area contributed by atoms with E-state index in [1.165, 1.54) is 12.3 Å². The van der Waals surface area contributed by atoms with E-state index in [1.54, 1.807) is 12.1 Å². The summed E-state index contributed by atoms with van der Waals surface area (Å²) in [6, 6.07) is 4.76. The Kier molecular flexibility index (Phi) is 25.3. The van der Waals surface area contributed by atoms with Crippen molar-refractivity contribution in [2.75, 3.05) is 58.1 Å². The van der Waals surface area contributed by atoms with Crippen molar-refractivity contribution in [3.63, 3.8) is 0 Å². The van der Waals surface area contributed by atoms with Crippen molar-refractivity contribution in [1.29, 1.82) is 0 Å². The van der Waals surface area contributed by atoms with Gasteiger partial charge in [0.2, 0.25) is 0 Å². The van der Waals surface area contributed by atoms with Crippen molar-refractivity contribution < 1.29 is 174 Å². The Morgan fingerprint density at radius 1 is 0.405 bits per heavy atom. The van der Waals surface area contributed by atoms with Crippen LogP contribution in [0.15, 0.2) is 24.4 Å². The van der Waals surface area contributed by atoms with E-state index in [4.69, 9.17) is 56.8 Å². The molecule has 0 aromatic carbocycles. The van der Waals surface area contributed by atoms with Crippen molar-refractivity contribution >= 4 is 5.82 Å². The molecule has 6 fully saturated rings. The van der Waals surface area contributed by atoms with Crippen LogP contribution >= 0.6 is 0 Å². The molecule has 1 aromatic rings. The molecule has 34 atom stereocenters. The smallest absolute Gasteiger partial charge is 0.187 e. The van der Waals surface area contributed by atoms with Crippen LogP contribution in [0.1, 0.15) is 0 Å². The SMILES string of the molecule is OC[C@@H](O)[C@@H](O)[C@H](O[C@@H]1O[C@H](CO[C@@H]2O[C@H](CO)[C@@H](O)[C@H](O[C@@H]3O[C@H](CO[C@@H]4O[C@H](CO)[C@@H](O)[C@H](O[C@@H]5O[C@H](CO[C@@H]6O[C@H](CO)[C@@H](O)[C@H](O)[C@H]6O)[C@@H](O)[C@H](O)[C@H]5O)[C@H]4O)[C@@H](O)[C@H](O)[C@H]3O)[C@H]2O)[C@@H](O)[C@H](O)[C@H]1O)[C@@H](O)CNc1ccccn1. The van der Waals surface area contributed by atoms with Crippen molar-refractivity contribution in [2.45, 2.75) is 209 Å². The van der Waals surface area contributed by atoms with Gasteiger partial charge in [0.25, 0.3) is 0 Å². The third-order valence-corrected chi connectivity index (χ3v) is 15.1. The van der Waals surface area contributed by atoms with Gasteiger partial charge in [0.15, 0.2) is 37.7 Å². The molecule has 6 aliphatic rings. The van der Waals surface area contributed by atoms with E-state index in [-0.39, 0.29) is 5.82 Å². The molecule has 0 aliphatic carbocycles. The normalized spacial score (nSPS) is 46.5. The summed E-state index contributed by atoms with van der Waals surface area (Å²) in [6.07, 6.45) is -64.6. The second kappa shape index (κ2) is 30.8. The minimum Gasteiger partial charge on any atom is -0.394 e. The van der Waals surface area contributed by atoms with E-state index in [0.717, 1.165) is 0 Å². The Morgan fingerprint density at radius 2 is 0.762 bits per heavy atom. The molecule has 37 nitrogen and oxygen atoms in total. The molecule has 0 bridgehead atoms. The van der Waals surface area contributed by atoms with Gasteiger partial charge in [-0.25, -0.2) is 4.98 Å². The summed E-state index contributed by atoms with van der Waals surface area (Å²) in [4.78, 5) is 4.03. The van der Waals surface area contributed by atoms with Crippen LogP contribution in [0.25, 0.3) is 0 Å². The molecule has 6 saturated heterocycles. The van der Waals surface area contributed by atoms with Crippen LogP contribution in [0, 0.1) is 0 Å². The molecule has 0 unspecified atom stereocenters. The Morgan fingerprint density at radius 3 is 1.15 bits per heavy atom. The number of hydrogen-bond acceptors (Lipinski definition) is 37. The monoisotopic (exact) mass is 1230 g/mol. The molecule has 37 heteroatoms. The van der Waals surface area contributed by atoms with Crippen LogP contribution in [0.5, 0.6) is 0 Å². The van der Waals surface area contributed by atoms with Crippen LogP contribution in [0.3, 0.4) is 0 Å². The lowest BCUT2D eigenvalue weighted by Crippen LogP contribution is -2.66. The van der Waals surface area contributed by atoms with Gasteiger partial charge in [0.1, 0.15) is 177 Å². The average Bonchev–Trinajstić information content (AvgIpc) is 3.28. The number of rotatable bonds is 25. The number of ether oxygens (including phenoxy) is 12. The van der Waals surface area contributed by atoms with Crippen molar-refractivity contribution in [1.82, 2.24) is 4.98 Å². The maximum atomic E-state index is 11.5. The number of anilines is 1. The van der Waals surface area contributed by atoms with Crippen LogP contribution < -0.4 is 5.32 Å². The largest absolute Gasteiger partial charge is 0.394 e. The van der Waals surface area contributed by atoms with Crippen molar-refractivity contribution in [2.24, 2.45) is 0 Å². The Balaban J connectivity index is 0.976. The first kappa shape index (κ1) is 69.0. The standard InChI is InChI=1S/C47H78N2O35/c50-6-14(55)22(56)39(13(54)5-49-21-3-1-2-4-48-21)82-45-34(68)30(64)25(59)19(79-45)11-74-43-37(71)41(28(62)16(8-52)77-43)84-47-36(70)32(66)26(60)20(81-47)12-75-44-38(72)40(27(61)17(9-53)78-44)83-46-35(69)31(65)24(58)18(80-46)10-73-42-33(67)29(63)23(57)15(7-51)76-42/h1-4,13-20,22-47,50-72H,5-12H2,(H,48,49)/t13-,14+,15+,16+,17+,18+,19+,20+,22+,23+,24+,25+,26+,27+,28+,29-,30-,31-,32-,33+,34+,35+,36+,37+,38+,39+,40-,41-,42+,43+,44+,45-,46-,47-/m0/s1. The Bertz CT molecular complexity index is 2090. The average molecular weight is 1230 g/mol.